The molecule has 7 nitrogen and oxygen atoms in total. The molecule has 5 rings (SSSR count). The number of H-pyrrole nitrogens is 1. The Bertz CT molecular complexity index is 1420. The minimum atomic E-state index is -0.415. The number of hydrogen-bond donors (Lipinski definition) is 2. The van der Waals surface area contributed by atoms with Crippen molar-refractivity contribution in [2.45, 2.75) is 26.3 Å². The summed E-state index contributed by atoms with van der Waals surface area (Å²) in [5.74, 6) is 0.389. The van der Waals surface area contributed by atoms with E-state index in [0.717, 1.165) is 33.5 Å². The van der Waals surface area contributed by atoms with Gasteiger partial charge in [-0.25, -0.2) is 9.59 Å². The quantitative estimate of drug-likeness (QED) is 0.349. The number of ether oxygens (including phenoxy) is 2. The number of methoxy groups -OCH3 is 1. The fraction of sp³-hybridized carbons (Fsp3) is 0.241. The van der Waals surface area contributed by atoms with Crippen LogP contribution in [0.25, 0.3) is 10.9 Å². The maximum Gasteiger partial charge on any atom is 0.338 e. The lowest BCUT2D eigenvalue weighted by Gasteiger charge is -2.36. The second-order valence-electron chi connectivity index (χ2n) is 8.92. The number of carbonyl (C=O) groups is 2. The zero-order valence-corrected chi connectivity index (χ0v) is 20.6. The number of rotatable bonds is 5. The van der Waals surface area contributed by atoms with Gasteiger partial charge in [-0.15, -0.1) is 0 Å². The molecule has 36 heavy (non-hydrogen) atoms. The van der Waals surface area contributed by atoms with Crippen molar-refractivity contribution in [1.29, 1.82) is 0 Å². The first-order chi connectivity index (χ1) is 17.5. The third-order valence-electron chi connectivity index (χ3n) is 6.61. The third kappa shape index (κ3) is 4.40. The lowest BCUT2D eigenvalue weighted by molar-refractivity contribution is 0.0526. The van der Waals surface area contributed by atoms with Gasteiger partial charge in [-0.2, -0.15) is 0 Å². The van der Waals surface area contributed by atoms with Crippen LogP contribution in [0.1, 0.15) is 45.7 Å². The van der Waals surface area contributed by atoms with Gasteiger partial charge in [0.15, 0.2) is 0 Å². The van der Waals surface area contributed by atoms with E-state index in [-0.39, 0.29) is 12.1 Å². The van der Waals surface area contributed by atoms with E-state index in [1.165, 1.54) is 5.56 Å². The summed E-state index contributed by atoms with van der Waals surface area (Å²) in [4.78, 5) is 31.2. The molecule has 1 aliphatic rings. The second-order valence-corrected chi connectivity index (χ2v) is 8.92. The highest BCUT2D eigenvalue weighted by Gasteiger charge is 2.34. The highest BCUT2D eigenvalue weighted by Crippen LogP contribution is 2.39. The van der Waals surface area contributed by atoms with Crippen molar-refractivity contribution >= 4 is 28.6 Å². The molecule has 2 heterocycles. The van der Waals surface area contributed by atoms with Gasteiger partial charge in [-0.3, -0.25) is 0 Å². The van der Waals surface area contributed by atoms with Gasteiger partial charge in [-0.05, 0) is 67.8 Å². The molecule has 184 valence electrons. The summed E-state index contributed by atoms with van der Waals surface area (Å²) in [5, 5.41) is 4.10. The molecule has 0 radical (unpaired) electrons. The van der Waals surface area contributed by atoms with Crippen LogP contribution in [0.5, 0.6) is 5.75 Å². The number of urea groups is 1. The molecule has 1 atom stereocenters. The molecule has 0 saturated carbocycles. The molecule has 0 fully saturated rings. The number of esters is 1. The number of fused-ring (bicyclic) bond motifs is 3. The van der Waals surface area contributed by atoms with E-state index in [0.29, 0.717) is 30.8 Å². The van der Waals surface area contributed by atoms with Crippen molar-refractivity contribution in [1.82, 2.24) is 9.88 Å². The number of aryl methyl sites for hydroxylation is 1. The summed E-state index contributed by atoms with van der Waals surface area (Å²) in [7, 11) is 1.67. The van der Waals surface area contributed by atoms with Gasteiger partial charge in [0, 0.05) is 28.8 Å². The Morgan fingerprint density at radius 1 is 1.08 bits per heavy atom. The Balaban J connectivity index is 1.51. The number of aromatic nitrogens is 1. The lowest BCUT2D eigenvalue weighted by Crippen LogP contribution is -2.43. The number of nitrogens with one attached hydrogen (secondary N) is 2. The predicted octanol–water partition coefficient (Wildman–Crippen LogP) is 5.84. The summed E-state index contributed by atoms with van der Waals surface area (Å²) >= 11 is 0. The van der Waals surface area contributed by atoms with Gasteiger partial charge in [0.2, 0.25) is 0 Å². The largest absolute Gasteiger partial charge is 0.497 e. The topological polar surface area (TPSA) is 83.7 Å². The molecule has 0 bridgehead atoms. The summed E-state index contributed by atoms with van der Waals surface area (Å²) in [6.07, 6.45) is 0.709. The normalized spacial score (nSPS) is 14.9. The number of amides is 2. The molecule has 3 aromatic carbocycles. The van der Waals surface area contributed by atoms with Gasteiger partial charge in [0.25, 0.3) is 0 Å². The number of nitrogens with zero attached hydrogens (tertiary/aromatic N) is 1. The number of carbonyl (C=O) groups excluding carboxylic acids is 2. The van der Waals surface area contributed by atoms with Crippen molar-refractivity contribution < 1.29 is 19.1 Å². The molecule has 2 amide bonds. The average molecular weight is 484 g/mol. The minimum absolute atomic E-state index is 0.233. The maximum absolute atomic E-state index is 13.6. The van der Waals surface area contributed by atoms with Crippen molar-refractivity contribution in [3.05, 3.63) is 94.7 Å². The van der Waals surface area contributed by atoms with Gasteiger partial charge < -0.3 is 24.7 Å². The van der Waals surface area contributed by atoms with E-state index in [9.17, 15) is 9.59 Å². The standard InChI is InChI=1S/C29H29N3O4/c1-4-36-28(33)20-6-5-7-21(16-20)30-29(34)32-15-14-23-24-17-22(35-3)12-13-25(24)31-26(23)27(32)19-10-8-18(2)9-11-19/h5-13,16-17,27,31H,4,14-15H2,1-3H3,(H,30,34)/t27-/m1/s1. The van der Waals surface area contributed by atoms with Crippen LogP contribution in [-0.2, 0) is 11.2 Å². The van der Waals surface area contributed by atoms with Crippen LogP contribution < -0.4 is 10.1 Å². The minimum Gasteiger partial charge on any atom is -0.497 e. The highest BCUT2D eigenvalue weighted by molar-refractivity contribution is 5.95. The average Bonchev–Trinajstić information content (AvgIpc) is 3.27. The van der Waals surface area contributed by atoms with E-state index in [1.54, 1.807) is 38.3 Å². The number of anilines is 1. The molecular weight excluding hydrogens is 454 g/mol. The predicted molar refractivity (Wildman–Crippen MR) is 140 cm³/mol. The molecule has 4 aromatic rings. The first-order valence-corrected chi connectivity index (χ1v) is 12.1. The van der Waals surface area contributed by atoms with Crippen molar-refractivity contribution in [2.75, 3.05) is 25.6 Å². The summed E-state index contributed by atoms with van der Waals surface area (Å²) in [5.41, 5.74) is 6.34. The molecule has 0 spiro atoms. The molecular formula is C29H29N3O4. The van der Waals surface area contributed by atoms with E-state index >= 15 is 0 Å². The zero-order valence-electron chi connectivity index (χ0n) is 20.6. The first-order valence-electron chi connectivity index (χ1n) is 12.1. The monoisotopic (exact) mass is 483 g/mol. The first kappa shape index (κ1) is 23.5. The van der Waals surface area contributed by atoms with Gasteiger partial charge in [-0.1, -0.05) is 35.9 Å². The SMILES string of the molecule is CCOC(=O)c1cccc(NC(=O)N2CCc3c([nH]c4ccc(OC)cc34)[C@H]2c2ccc(C)cc2)c1. The number of aromatic amines is 1. The van der Waals surface area contributed by atoms with E-state index < -0.39 is 5.97 Å². The summed E-state index contributed by atoms with van der Waals surface area (Å²) < 4.78 is 10.6. The Morgan fingerprint density at radius 3 is 2.64 bits per heavy atom. The van der Waals surface area contributed by atoms with Gasteiger partial charge in [0.05, 0.1) is 25.3 Å². The van der Waals surface area contributed by atoms with Gasteiger partial charge >= 0.3 is 12.0 Å². The van der Waals surface area contributed by atoms with Gasteiger partial charge in [0.1, 0.15) is 5.75 Å². The Hall–Kier alpha value is -4.26. The molecule has 0 saturated heterocycles. The van der Waals surface area contributed by atoms with Crippen LogP contribution >= 0.6 is 0 Å². The molecule has 2 N–H and O–H groups in total. The third-order valence-corrected chi connectivity index (χ3v) is 6.61. The molecule has 1 aromatic heterocycles. The fourth-order valence-corrected chi connectivity index (χ4v) is 4.84. The Morgan fingerprint density at radius 2 is 1.89 bits per heavy atom. The summed E-state index contributed by atoms with van der Waals surface area (Å²) in [6, 6.07) is 20.6. The van der Waals surface area contributed by atoms with Crippen LogP contribution in [0.3, 0.4) is 0 Å². The van der Waals surface area contributed by atoms with Crippen molar-refractivity contribution in [3.63, 3.8) is 0 Å². The van der Waals surface area contributed by atoms with Crippen LogP contribution in [-0.4, -0.2) is 42.1 Å². The molecule has 0 aliphatic carbocycles. The number of benzene rings is 3. The Kier molecular flexibility index (Phi) is 6.38. The number of hydrogen-bond acceptors (Lipinski definition) is 4. The second kappa shape index (κ2) is 9.77. The molecule has 1 aliphatic heterocycles. The van der Waals surface area contributed by atoms with Crippen LogP contribution in [0.2, 0.25) is 0 Å². The molecule has 0 unspecified atom stereocenters. The lowest BCUT2D eigenvalue weighted by atomic mass is 9.92. The maximum atomic E-state index is 13.6. The zero-order chi connectivity index (χ0) is 25.2. The van der Waals surface area contributed by atoms with E-state index in [2.05, 4.69) is 34.6 Å². The van der Waals surface area contributed by atoms with E-state index in [4.69, 9.17) is 9.47 Å². The summed E-state index contributed by atoms with van der Waals surface area (Å²) in [6.45, 7) is 4.64. The molecule has 7 heteroatoms. The van der Waals surface area contributed by atoms with Crippen molar-refractivity contribution in [3.8, 4) is 5.75 Å². The Labute approximate surface area is 210 Å². The van der Waals surface area contributed by atoms with Crippen LogP contribution in [0.4, 0.5) is 10.5 Å². The fourth-order valence-electron chi connectivity index (χ4n) is 4.84. The van der Waals surface area contributed by atoms with E-state index in [1.807, 2.05) is 30.0 Å². The van der Waals surface area contributed by atoms with Crippen molar-refractivity contribution in [2.24, 2.45) is 0 Å². The van der Waals surface area contributed by atoms with Crippen LogP contribution in [0, 0.1) is 6.92 Å². The van der Waals surface area contributed by atoms with Crippen LogP contribution in [0.15, 0.2) is 66.7 Å². The smallest absolute Gasteiger partial charge is 0.338 e. The highest BCUT2D eigenvalue weighted by atomic mass is 16.5.